The summed E-state index contributed by atoms with van der Waals surface area (Å²) in [5, 5.41) is 25.1. The highest BCUT2D eigenvalue weighted by Crippen LogP contribution is 2.18. The number of non-ortho nitro benzene ring substituents is 1. The van der Waals surface area contributed by atoms with Crippen LogP contribution in [0.2, 0.25) is 0 Å². The van der Waals surface area contributed by atoms with Crippen molar-refractivity contribution in [2.45, 2.75) is 0 Å². The first-order chi connectivity index (χ1) is 15.7. The van der Waals surface area contributed by atoms with Crippen molar-refractivity contribution in [1.82, 2.24) is 5.32 Å². The van der Waals surface area contributed by atoms with E-state index >= 15 is 0 Å². The van der Waals surface area contributed by atoms with Crippen molar-refractivity contribution in [3.8, 4) is 0 Å². The third-order valence-corrected chi connectivity index (χ3v) is 5.09. The van der Waals surface area contributed by atoms with Gasteiger partial charge in [0.15, 0.2) is 0 Å². The number of aromatic carboxylic acids is 1. The third kappa shape index (κ3) is 6.11. The van der Waals surface area contributed by atoms with Crippen LogP contribution in [0.5, 0.6) is 0 Å². The lowest BCUT2D eigenvalue weighted by atomic mass is 10.1. The van der Waals surface area contributed by atoms with E-state index in [1.54, 1.807) is 24.3 Å². The number of carbonyl (C=O) groups is 3. The van der Waals surface area contributed by atoms with E-state index in [1.165, 1.54) is 54.6 Å². The molecule has 166 valence electrons. The van der Waals surface area contributed by atoms with Crippen LogP contribution >= 0.6 is 15.9 Å². The Morgan fingerprint density at radius 3 is 2.30 bits per heavy atom. The van der Waals surface area contributed by atoms with E-state index in [2.05, 4.69) is 26.6 Å². The van der Waals surface area contributed by atoms with Crippen molar-refractivity contribution in [3.05, 3.63) is 110 Å². The molecule has 0 aliphatic carbocycles. The number of carbonyl (C=O) groups excluding carboxylic acids is 2. The zero-order valence-electron chi connectivity index (χ0n) is 16.8. The topological polar surface area (TPSA) is 139 Å². The molecule has 0 aromatic heterocycles. The molecular formula is C23H16BrN3O6. The first-order valence-corrected chi connectivity index (χ1v) is 10.2. The first-order valence-electron chi connectivity index (χ1n) is 9.41. The van der Waals surface area contributed by atoms with Gasteiger partial charge in [-0.15, -0.1) is 0 Å². The Labute approximate surface area is 196 Å². The number of nitrogens with one attached hydrogen (secondary N) is 2. The highest BCUT2D eigenvalue weighted by molar-refractivity contribution is 9.10. The van der Waals surface area contributed by atoms with Gasteiger partial charge in [0.25, 0.3) is 17.5 Å². The van der Waals surface area contributed by atoms with E-state index in [1.807, 2.05) is 0 Å². The minimum Gasteiger partial charge on any atom is -0.478 e. The van der Waals surface area contributed by atoms with Crippen LogP contribution in [0.25, 0.3) is 6.08 Å². The maximum atomic E-state index is 13.0. The number of carboxylic acids is 1. The Balaban J connectivity index is 1.93. The molecule has 0 fully saturated rings. The van der Waals surface area contributed by atoms with Crippen molar-refractivity contribution in [1.29, 1.82) is 0 Å². The van der Waals surface area contributed by atoms with Gasteiger partial charge < -0.3 is 15.7 Å². The summed E-state index contributed by atoms with van der Waals surface area (Å²) in [4.78, 5) is 47.3. The Bertz CT molecular complexity index is 1270. The highest BCUT2D eigenvalue weighted by Gasteiger charge is 2.17. The number of anilines is 1. The number of carboxylic acid groups (broad SMARTS) is 1. The third-order valence-electron chi connectivity index (χ3n) is 4.39. The predicted molar refractivity (Wildman–Crippen MR) is 125 cm³/mol. The average molecular weight is 510 g/mol. The second-order valence-corrected chi connectivity index (χ2v) is 7.54. The van der Waals surface area contributed by atoms with Gasteiger partial charge in [-0.25, -0.2) is 4.79 Å². The summed E-state index contributed by atoms with van der Waals surface area (Å²) in [7, 11) is 0. The number of nitro groups is 1. The summed E-state index contributed by atoms with van der Waals surface area (Å²) < 4.78 is 0.520. The largest absolute Gasteiger partial charge is 0.478 e. The van der Waals surface area contributed by atoms with Crippen molar-refractivity contribution < 1.29 is 24.4 Å². The van der Waals surface area contributed by atoms with Gasteiger partial charge in [-0.3, -0.25) is 19.7 Å². The lowest BCUT2D eigenvalue weighted by Crippen LogP contribution is -2.31. The van der Waals surface area contributed by atoms with Gasteiger partial charge >= 0.3 is 5.97 Å². The molecule has 0 heterocycles. The summed E-state index contributed by atoms with van der Waals surface area (Å²) in [5.74, 6) is -2.43. The fourth-order valence-electron chi connectivity index (χ4n) is 2.78. The number of hydrogen-bond acceptors (Lipinski definition) is 5. The van der Waals surface area contributed by atoms with Gasteiger partial charge in [0.1, 0.15) is 5.70 Å². The van der Waals surface area contributed by atoms with Crippen LogP contribution in [0.4, 0.5) is 11.4 Å². The molecular weight excluding hydrogens is 494 g/mol. The predicted octanol–water partition coefficient (Wildman–Crippen LogP) is 4.47. The quantitative estimate of drug-likeness (QED) is 0.244. The SMILES string of the molecule is O=C(Nc1cccc(C(=O)O)c1)/C(=C\c1ccc([N+](=O)[O-])cc1)NC(=O)c1ccccc1Br. The number of nitrogens with zero attached hydrogens (tertiary/aromatic N) is 1. The Kier molecular flexibility index (Phi) is 7.31. The van der Waals surface area contributed by atoms with Crippen LogP contribution in [0.1, 0.15) is 26.3 Å². The molecule has 0 unspecified atom stereocenters. The molecule has 0 spiro atoms. The van der Waals surface area contributed by atoms with Crippen LogP contribution in [0.15, 0.2) is 83.0 Å². The minimum atomic E-state index is -1.16. The summed E-state index contributed by atoms with van der Waals surface area (Å²) >= 11 is 3.29. The van der Waals surface area contributed by atoms with Gasteiger partial charge in [-0.2, -0.15) is 0 Å². The normalized spacial score (nSPS) is 10.9. The molecule has 0 aliphatic heterocycles. The van der Waals surface area contributed by atoms with Crippen LogP contribution < -0.4 is 10.6 Å². The lowest BCUT2D eigenvalue weighted by molar-refractivity contribution is -0.384. The molecule has 2 amide bonds. The summed E-state index contributed by atoms with van der Waals surface area (Å²) in [6.07, 6.45) is 1.36. The van der Waals surface area contributed by atoms with Gasteiger partial charge in [0.2, 0.25) is 0 Å². The second kappa shape index (κ2) is 10.3. The molecule has 0 atom stereocenters. The van der Waals surface area contributed by atoms with Gasteiger partial charge in [-0.1, -0.05) is 18.2 Å². The Morgan fingerprint density at radius 1 is 0.970 bits per heavy atom. The number of rotatable bonds is 7. The minimum absolute atomic E-state index is 0.0223. The molecule has 0 saturated heterocycles. The smallest absolute Gasteiger partial charge is 0.335 e. The number of halogens is 1. The summed E-state index contributed by atoms with van der Waals surface area (Å²) in [5.41, 5.74) is 0.632. The maximum absolute atomic E-state index is 13.0. The zero-order valence-corrected chi connectivity index (χ0v) is 18.4. The van der Waals surface area contributed by atoms with E-state index in [9.17, 15) is 24.5 Å². The number of amides is 2. The van der Waals surface area contributed by atoms with Crippen LogP contribution in [0, 0.1) is 10.1 Å². The molecule has 9 nitrogen and oxygen atoms in total. The second-order valence-electron chi connectivity index (χ2n) is 6.68. The summed E-state index contributed by atoms with van der Waals surface area (Å²) in [6.45, 7) is 0. The van der Waals surface area contributed by atoms with Crippen LogP contribution in [-0.4, -0.2) is 27.8 Å². The van der Waals surface area contributed by atoms with E-state index < -0.39 is 22.7 Å². The van der Waals surface area contributed by atoms with E-state index in [0.29, 0.717) is 10.0 Å². The molecule has 0 bridgehead atoms. The van der Waals surface area contributed by atoms with Crippen molar-refractivity contribution in [3.63, 3.8) is 0 Å². The zero-order chi connectivity index (χ0) is 24.0. The molecule has 33 heavy (non-hydrogen) atoms. The molecule has 0 aliphatic rings. The number of benzene rings is 3. The fourth-order valence-corrected chi connectivity index (χ4v) is 3.25. The Hall–Kier alpha value is -4.31. The monoisotopic (exact) mass is 509 g/mol. The molecule has 3 rings (SSSR count). The molecule has 10 heteroatoms. The molecule has 0 saturated carbocycles. The molecule has 3 aromatic rings. The van der Waals surface area contributed by atoms with Crippen LogP contribution in [-0.2, 0) is 4.79 Å². The standard InChI is InChI=1S/C23H16BrN3O6/c24-19-7-2-1-6-18(19)21(28)26-20(12-14-8-10-17(11-9-14)27(32)33)22(29)25-16-5-3-4-15(13-16)23(30)31/h1-13H,(H,25,29)(H,26,28)(H,30,31)/b20-12+. The van der Waals surface area contributed by atoms with E-state index in [0.717, 1.165) is 0 Å². The van der Waals surface area contributed by atoms with Crippen molar-refractivity contribution >= 4 is 51.2 Å². The van der Waals surface area contributed by atoms with Crippen LogP contribution in [0.3, 0.4) is 0 Å². The molecule has 0 radical (unpaired) electrons. The molecule has 3 aromatic carbocycles. The number of hydrogen-bond donors (Lipinski definition) is 3. The van der Waals surface area contributed by atoms with E-state index in [4.69, 9.17) is 5.11 Å². The van der Waals surface area contributed by atoms with Gasteiger partial charge in [0.05, 0.1) is 16.1 Å². The highest BCUT2D eigenvalue weighted by atomic mass is 79.9. The number of nitro benzene ring substituents is 1. The van der Waals surface area contributed by atoms with Crippen molar-refractivity contribution in [2.75, 3.05) is 5.32 Å². The average Bonchev–Trinajstić information content (AvgIpc) is 2.79. The van der Waals surface area contributed by atoms with Gasteiger partial charge in [-0.05, 0) is 70.0 Å². The van der Waals surface area contributed by atoms with E-state index in [-0.39, 0.29) is 28.2 Å². The lowest BCUT2D eigenvalue weighted by Gasteiger charge is -2.12. The van der Waals surface area contributed by atoms with Crippen molar-refractivity contribution in [2.24, 2.45) is 0 Å². The maximum Gasteiger partial charge on any atom is 0.335 e. The fraction of sp³-hybridized carbons (Fsp3) is 0. The Morgan fingerprint density at radius 2 is 1.67 bits per heavy atom. The van der Waals surface area contributed by atoms with Gasteiger partial charge in [0, 0.05) is 22.3 Å². The molecule has 3 N–H and O–H groups in total. The first kappa shape index (κ1) is 23.4. The summed E-state index contributed by atoms with van der Waals surface area (Å²) in [6, 6.07) is 17.7.